The number of halogens is 1. The summed E-state index contributed by atoms with van der Waals surface area (Å²) in [7, 11) is 0. The molecule has 8 heteroatoms. The molecule has 0 spiro atoms. The monoisotopic (exact) mass is 373 g/mol. The van der Waals surface area contributed by atoms with Crippen LogP contribution in [-0.2, 0) is 6.54 Å². The van der Waals surface area contributed by atoms with E-state index in [1.54, 1.807) is 43.0 Å². The van der Waals surface area contributed by atoms with Gasteiger partial charge in [-0.1, -0.05) is 18.2 Å². The fourth-order valence-corrected chi connectivity index (χ4v) is 2.51. The van der Waals surface area contributed by atoms with Crippen molar-refractivity contribution in [3.63, 3.8) is 0 Å². The molecule has 1 aromatic carbocycles. The normalized spacial score (nSPS) is 10.5. The summed E-state index contributed by atoms with van der Waals surface area (Å²) in [5, 5.41) is 6.29. The predicted octanol–water partition coefficient (Wildman–Crippen LogP) is 3.82. The Morgan fingerprint density at radius 2 is 1.71 bits per heavy atom. The summed E-state index contributed by atoms with van der Waals surface area (Å²) in [5.41, 5.74) is 2.29. The molecule has 3 heterocycles. The molecule has 0 unspecified atom stereocenters. The first-order chi connectivity index (χ1) is 13.8. The molecule has 4 rings (SSSR count). The fourth-order valence-electron chi connectivity index (χ4n) is 2.51. The zero-order valence-electron chi connectivity index (χ0n) is 14.7. The smallest absolute Gasteiger partial charge is 0.225 e. The van der Waals surface area contributed by atoms with Crippen molar-refractivity contribution in [3.05, 3.63) is 84.7 Å². The van der Waals surface area contributed by atoms with Gasteiger partial charge in [0.1, 0.15) is 17.5 Å². The number of nitrogens with zero attached hydrogens (tertiary/aromatic N) is 5. The van der Waals surface area contributed by atoms with Gasteiger partial charge in [-0.3, -0.25) is 9.97 Å². The van der Waals surface area contributed by atoms with Crippen molar-refractivity contribution in [1.29, 1.82) is 0 Å². The van der Waals surface area contributed by atoms with E-state index in [9.17, 15) is 4.39 Å². The van der Waals surface area contributed by atoms with E-state index in [-0.39, 0.29) is 5.82 Å². The highest BCUT2D eigenvalue weighted by Crippen LogP contribution is 2.21. The number of benzene rings is 1. The van der Waals surface area contributed by atoms with Crippen molar-refractivity contribution < 1.29 is 4.39 Å². The Bertz CT molecular complexity index is 1040. The number of nitrogens with one attached hydrogen (secondary N) is 2. The van der Waals surface area contributed by atoms with E-state index in [2.05, 4.69) is 35.6 Å². The van der Waals surface area contributed by atoms with Crippen molar-refractivity contribution in [2.75, 3.05) is 10.6 Å². The van der Waals surface area contributed by atoms with Crippen LogP contribution < -0.4 is 10.6 Å². The molecule has 0 saturated carbocycles. The van der Waals surface area contributed by atoms with Crippen LogP contribution in [0.4, 0.5) is 22.0 Å². The summed E-state index contributed by atoms with van der Waals surface area (Å²) in [6.45, 7) is 0.455. The van der Waals surface area contributed by atoms with E-state index in [1.165, 1.54) is 12.1 Å². The summed E-state index contributed by atoms with van der Waals surface area (Å²) in [5.74, 6) is 1.27. The van der Waals surface area contributed by atoms with Gasteiger partial charge in [-0.2, -0.15) is 4.98 Å². The van der Waals surface area contributed by atoms with Gasteiger partial charge in [-0.05, 0) is 29.8 Å². The molecular weight excluding hydrogens is 357 g/mol. The van der Waals surface area contributed by atoms with E-state index >= 15 is 0 Å². The van der Waals surface area contributed by atoms with E-state index in [4.69, 9.17) is 0 Å². The number of aromatic nitrogens is 5. The Kier molecular flexibility index (Phi) is 5.10. The minimum Gasteiger partial charge on any atom is -0.350 e. The highest BCUT2D eigenvalue weighted by molar-refractivity contribution is 5.63. The zero-order valence-corrected chi connectivity index (χ0v) is 14.7. The van der Waals surface area contributed by atoms with Gasteiger partial charge in [0.25, 0.3) is 0 Å². The molecule has 0 aliphatic heterocycles. The van der Waals surface area contributed by atoms with Gasteiger partial charge < -0.3 is 10.6 Å². The maximum Gasteiger partial charge on any atom is 0.225 e. The maximum absolute atomic E-state index is 13.1. The number of rotatable bonds is 6. The molecule has 28 heavy (non-hydrogen) atoms. The first-order valence-electron chi connectivity index (χ1n) is 8.58. The van der Waals surface area contributed by atoms with Crippen LogP contribution in [0.15, 0.2) is 73.3 Å². The Labute approximate surface area is 160 Å². The molecule has 0 saturated heterocycles. The lowest BCUT2D eigenvalue weighted by molar-refractivity contribution is 0.627. The predicted molar refractivity (Wildman–Crippen MR) is 104 cm³/mol. The summed E-state index contributed by atoms with van der Waals surface area (Å²) < 4.78 is 13.1. The van der Waals surface area contributed by atoms with Crippen molar-refractivity contribution in [2.45, 2.75) is 6.54 Å². The molecule has 3 aromatic heterocycles. The zero-order chi connectivity index (χ0) is 19.2. The molecule has 0 bridgehead atoms. The average Bonchev–Trinajstić information content (AvgIpc) is 2.75. The van der Waals surface area contributed by atoms with E-state index in [0.717, 1.165) is 11.3 Å². The number of pyridine rings is 1. The Morgan fingerprint density at radius 3 is 2.46 bits per heavy atom. The van der Waals surface area contributed by atoms with Gasteiger partial charge in [0.2, 0.25) is 5.95 Å². The second-order valence-electron chi connectivity index (χ2n) is 5.87. The highest BCUT2D eigenvalue weighted by Gasteiger charge is 2.09. The fraction of sp³-hybridized carbons (Fsp3) is 0.0500. The van der Waals surface area contributed by atoms with Crippen LogP contribution in [-0.4, -0.2) is 24.9 Å². The lowest BCUT2D eigenvalue weighted by Gasteiger charge is -2.11. The van der Waals surface area contributed by atoms with Crippen molar-refractivity contribution in [3.8, 4) is 11.4 Å². The van der Waals surface area contributed by atoms with Crippen molar-refractivity contribution >= 4 is 17.6 Å². The maximum atomic E-state index is 13.1. The van der Waals surface area contributed by atoms with E-state index < -0.39 is 0 Å². The molecule has 0 fully saturated rings. The number of anilines is 3. The van der Waals surface area contributed by atoms with Gasteiger partial charge >= 0.3 is 0 Å². The van der Waals surface area contributed by atoms with Gasteiger partial charge in [0.15, 0.2) is 0 Å². The SMILES string of the molecule is Fc1ccc(CNc2nc(Nc3cnccn3)cc(-c3ccccn3)n2)cc1. The van der Waals surface area contributed by atoms with Crippen LogP contribution in [0.25, 0.3) is 11.4 Å². The van der Waals surface area contributed by atoms with Crippen LogP contribution in [0.2, 0.25) is 0 Å². The van der Waals surface area contributed by atoms with Gasteiger partial charge in [-0.25, -0.2) is 14.4 Å². The molecule has 4 aromatic rings. The molecule has 0 aliphatic rings. The van der Waals surface area contributed by atoms with Crippen molar-refractivity contribution in [2.24, 2.45) is 0 Å². The average molecular weight is 373 g/mol. The first-order valence-corrected chi connectivity index (χ1v) is 8.58. The number of hydrogen-bond donors (Lipinski definition) is 2. The van der Waals surface area contributed by atoms with Crippen LogP contribution in [0.1, 0.15) is 5.56 Å². The number of hydrogen-bond acceptors (Lipinski definition) is 7. The van der Waals surface area contributed by atoms with Gasteiger partial charge in [0.05, 0.1) is 17.6 Å². The highest BCUT2D eigenvalue weighted by atomic mass is 19.1. The van der Waals surface area contributed by atoms with Crippen molar-refractivity contribution in [1.82, 2.24) is 24.9 Å². The van der Waals surface area contributed by atoms with Gasteiger partial charge in [-0.15, -0.1) is 0 Å². The van der Waals surface area contributed by atoms with Crippen LogP contribution >= 0.6 is 0 Å². The molecule has 0 aliphatic carbocycles. The lowest BCUT2D eigenvalue weighted by atomic mass is 10.2. The minimum absolute atomic E-state index is 0.271. The second-order valence-corrected chi connectivity index (χ2v) is 5.87. The third-order valence-corrected chi connectivity index (χ3v) is 3.84. The van der Waals surface area contributed by atoms with Crippen LogP contribution in [0, 0.1) is 5.82 Å². The topological polar surface area (TPSA) is 88.5 Å². The Morgan fingerprint density at radius 1 is 0.821 bits per heavy atom. The summed E-state index contributed by atoms with van der Waals surface area (Å²) in [4.78, 5) is 21.6. The molecule has 0 atom stereocenters. The van der Waals surface area contributed by atoms with E-state index in [0.29, 0.717) is 29.8 Å². The molecule has 0 radical (unpaired) electrons. The summed E-state index contributed by atoms with van der Waals surface area (Å²) in [6.07, 6.45) is 6.50. The summed E-state index contributed by atoms with van der Waals surface area (Å²) in [6, 6.07) is 13.7. The Hall–Kier alpha value is -3.94. The molecule has 138 valence electrons. The third-order valence-electron chi connectivity index (χ3n) is 3.84. The molecule has 7 nitrogen and oxygen atoms in total. The standard InChI is InChI=1S/C20H16FN7/c21-15-6-4-14(5-7-15)12-25-20-26-17(16-3-1-2-8-23-16)11-18(28-20)27-19-13-22-9-10-24-19/h1-11,13H,12H2,(H2,24,25,26,27,28). The largest absolute Gasteiger partial charge is 0.350 e. The summed E-state index contributed by atoms with van der Waals surface area (Å²) >= 11 is 0. The molecule has 0 amide bonds. The molecule has 2 N–H and O–H groups in total. The first kappa shape index (κ1) is 17.5. The van der Waals surface area contributed by atoms with Crippen LogP contribution in [0.3, 0.4) is 0 Å². The second kappa shape index (κ2) is 8.17. The lowest BCUT2D eigenvalue weighted by Crippen LogP contribution is -2.07. The Balaban J connectivity index is 1.62. The molecular formula is C20H16FN7. The minimum atomic E-state index is -0.271. The van der Waals surface area contributed by atoms with E-state index in [1.807, 2.05) is 18.2 Å². The van der Waals surface area contributed by atoms with Crippen LogP contribution in [0.5, 0.6) is 0 Å². The third kappa shape index (κ3) is 4.42. The quantitative estimate of drug-likeness (QED) is 0.531. The van der Waals surface area contributed by atoms with Gasteiger partial charge in [0, 0.05) is 31.2 Å².